The second-order valence-corrected chi connectivity index (χ2v) is 5.38. The van der Waals surface area contributed by atoms with Crippen molar-refractivity contribution < 1.29 is 4.52 Å². The van der Waals surface area contributed by atoms with Crippen molar-refractivity contribution in [1.29, 1.82) is 0 Å². The molecule has 0 amide bonds. The van der Waals surface area contributed by atoms with Crippen molar-refractivity contribution in [3.8, 4) is 11.4 Å². The standard InChI is InChI=1S/C16H15N5O.C2H6/c1-10-19-16(21-22-10)12-2-4-13-11(8-12)3-5-14(13)20-15-9-17-6-7-18-15;1-2/h2,4,6-9,14H,3,5H2,1H3,(H,18,20);1-2H3. The van der Waals surface area contributed by atoms with Gasteiger partial charge in [0, 0.05) is 24.9 Å². The molecule has 1 aliphatic rings. The molecule has 1 aliphatic carbocycles. The molecule has 0 fully saturated rings. The summed E-state index contributed by atoms with van der Waals surface area (Å²) in [6, 6.07) is 6.60. The van der Waals surface area contributed by atoms with E-state index in [0.717, 1.165) is 24.2 Å². The van der Waals surface area contributed by atoms with Gasteiger partial charge in [-0.1, -0.05) is 31.1 Å². The van der Waals surface area contributed by atoms with Crippen LogP contribution in [0.2, 0.25) is 0 Å². The topological polar surface area (TPSA) is 76.7 Å². The molecule has 0 spiro atoms. The number of aromatic nitrogens is 4. The summed E-state index contributed by atoms with van der Waals surface area (Å²) in [5.41, 5.74) is 3.62. The van der Waals surface area contributed by atoms with Crippen molar-refractivity contribution in [1.82, 2.24) is 20.1 Å². The van der Waals surface area contributed by atoms with Crippen LogP contribution in [0.5, 0.6) is 0 Å². The summed E-state index contributed by atoms with van der Waals surface area (Å²) in [5.74, 6) is 2.03. The first kappa shape index (κ1) is 16.1. The molecule has 2 aromatic heterocycles. The summed E-state index contributed by atoms with van der Waals surface area (Å²) in [4.78, 5) is 12.6. The predicted molar refractivity (Wildman–Crippen MR) is 92.5 cm³/mol. The van der Waals surface area contributed by atoms with Crippen LogP contribution >= 0.6 is 0 Å². The number of nitrogens with zero attached hydrogens (tertiary/aromatic N) is 4. The first-order valence-corrected chi connectivity index (χ1v) is 8.25. The lowest BCUT2D eigenvalue weighted by Gasteiger charge is -2.14. The molecule has 0 saturated carbocycles. The Labute approximate surface area is 141 Å². The van der Waals surface area contributed by atoms with Gasteiger partial charge in [-0.05, 0) is 30.0 Å². The largest absolute Gasteiger partial charge is 0.362 e. The van der Waals surface area contributed by atoms with Gasteiger partial charge in [-0.15, -0.1) is 0 Å². The van der Waals surface area contributed by atoms with Gasteiger partial charge < -0.3 is 9.84 Å². The molecular weight excluding hydrogens is 302 g/mol. The molecule has 0 saturated heterocycles. The fourth-order valence-electron chi connectivity index (χ4n) is 2.88. The molecule has 0 radical (unpaired) electrons. The smallest absolute Gasteiger partial charge is 0.223 e. The molecule has 4 rings (SSSR count). The number of benzene rings is 1. The Morgan fingerprint density at radius 2 is 2.08 bits per heavy atom. The van der Waals surface area contributed by atoms with E-state index in [1.165, 1.54) is 11.1 Å². The zero-order valence-corrected chi connectivity index (χ0v) is 14.2. The Morgan fingerprint density at radius 3 is 2.79 bits per heavy atom. The van der Waals surface area contributed by atoms with Crippen molar-refractivity contribution in [2.45, 2.75) is 39.7 Å². The van der Waals surface area contributed by atoms with Crippen molar-refractivity contribution in [2.75, 3.05) is 5.32 Å². The maximum Gasteiger partial charge on any atom is 0.223 e. The van der Waals surface area contributed by atoms with Crippen molar-refractivity contribution in [3.05, 3.63) is 53.8 Å². The van der Waals surface area contributed by atoms with E-state index in [-0.39, 0.29) is 6.04 Å². The minimum Gasteiger partial charge on any atom is -0.362 e. The highest BCUT2D eigenvalue weighted by molar-refractivity contribution is 5.58. The van der Waals surface area contributed by atoms with Crippen LogP contribution in [0.1, 0.15) is 43.3 Å². The molecule has 1 aromatic carbocycles. The van der Waals surface area contributed by atoms with Crippen LogP contribution < -0.4 is 5.32 Å². The molecule has 6 nitrogen and oxygen atoms in total. The average Bonchev–Trinajstić information content (AvgIpc) is 3.24. The Balaban J connectivity index is 0.000000815. The van der Waals surface area contributed by atoms with Crippen LogP contribution in [-0.2, 0) is 6.42 Å². The lowest BCUT2D eigenvalue weighted by Crippen LogP contribution is -2.08. The van der Waals surface area contributed by atoms with E-state index in [4.69, 9.17) is 4.52 Å². The highest BCUT2D eigenvalue weighted by atomic mass is 16.5. The number of hydrogen-bond donors (Lipinski definition) is 1. The molecule has 1 N–H and O–H groups in total. The van der Waals surface area contributed by atoms with Crippen LogP contribution in [0, 0.1) is 6.92 Å². The molecule has 0 aliphatic heterocycles. The highest BCUT2D eigenvalue weighted by Crippen LogP contribution is 2.35. The normalized spacial score (nSPS) is 15.4. The van der Waals surface area contributed by atoms with E-state index in [2.05, 4.69) is 37.6 Å². The summed E-state index contributed by atoms with van der Waals surface area (Å²) < 4.78 is 5.05. The Bertz CT molecular complexity index is 800. The summed E-state index contributed by atoms with van der Waals surface area (Å²) in [7, 11) is 0. The third-order valence-electron chi connectivity index (χ3n) is 3.89. The predicted octanol–water partition coefficient (Wildman–Crippen LogP) is 3.96. The number of hydrogen-bond acceptors (Lipinski definition) is 6. The van der Waals surface area contributed by atoms with Crippen molar-refractivity contribution in [2.24, 2.45) is 0 Å². The molecule has 0 bridgehead atoms. The molecule has 3 aromatic rings. The third-order valence-corrected chi connectivity index (χ3v) is 3.89. The number of anilines is 1. The van der Waals surface area contributed by atoms with E-state index in [1.807, 2.05) is 19.9 Å². The van der Waals surface area contributed by atoms with E-state index in [9.17, 15) is 0 Å². The Kier molecular flexibility index (Phi) is 4.84. The maximum absolute atomic E-state index is 5.05. The zero-order chi connectivity index (χ0) is 16.9. The summed E-state index contributed by atoms with van der Waals surface area (Å²) in [6.45, 7) is 5.80. The number of nitrogens with one attached hydrogen (secondary N) is 1. The number of fused-ring (bicyclic) bond motifs is 1. The fourth-order valence-corrected chi connectivity index (χ4v) is 2.88. The summed E-state index contributed by atoms with van der Waals surface area (Å²) in [5, 5.41) is 7.42. The van der Waals surface area contributed by atoms with E-state index < -0.39 is 0 Å². The Hall–Kier alpha value is -2.76. The maximum atomic E-state index is 5.05. The van der Waals surface area contributed by atoms with E-state index in [0.29, 0.717) is 11.7 Å². The highest BCUT2D eigenvalue weighted by Gasteiger charge is 2.23. The van der Waals surface area contributed by atoms with Gasteiger partial charge in [0.2, 0.25) is 11.7 Å². The monoisotopic (exact) mass is 323 g/mol. The number of aryl methyl sites for hydroxylation is 2. The van der Waals surface area contributed by atoms with Gasteiger partial charge in [-0.25, -0.2) is 4.98 Å². The first-order valence-electron chi connectivity index (χ1n) is 8.25. The van der Waals surface area contributed by atoms with Crippen molar-refractivity contribution in [3.63, 3.8) is 0 Å². The summed E-state index contributed by atoms with van der Waals surface area (Å²) >= 11 is 0. The van der Waals surface area contributed by atoms with E-state index in [1.54, 1.807) is 25.5 Å². The van der Waals surface area contributed by atoms with Gasteiger partial charge in [0.05, 0.1) is 12.2 Å². The van der Waals surface area contributed by atoms with E-state index >= 15 is 0 Å². The van der Waals surface area contributed by atoms with Gasteiger partial charge in [0.1, 0.15) is 5.82 Å². The van der Waals surface area contributed by atoms with Crippen molar-refractivity contribution >= 4 is 5.82 Å². The third kappa shape index (κ3) is 3.27. The van der Waals surface area contributed by atoms with Crippen LogP contribution in [-0.4, -0.2) is 20.1 Å². The molecule has 124 valence electrons. The second-order valence-electron chi connectivity index (χ2n) is 5.38. The van der Waals surface area contributed by atoms with Crippen LogP contribution in [0.25, 0.3) is 11.4 Å². The molecule has 6 heteroatoms. The van der Waals surface area contributed by atoms with Gasteiger partial charge in [0.15, 0.2) is 0 Å². The van der Waals surface area contributed by atoms with Crippen LogP contribution in [0.15, 0.2) is 41.3 Å². The van der Waals surface area contributed by atoms with Gasteiger partial charge in [0.25, 0.3) is 0 Å². The molecule has 2 heterocycles. The van der Waals surface area contributed by atoms with Crippen LogP contribution in [0.4, 0.5) is 5.82 Å². The second kappa shape index (κ2) is 7.21. The lowest BCUT2D eigenvalue weighted by molar-refractivity contribution is 0.394. The molecular formula is C18H21N5O. The minimum absolute atomic E-state index is 0.271. The summed E-state index contributed by atoms with van der Waals surface area (Å²) in [6.07, 6.45) is 7.18. The quantitative estimate of drug-likeness (QED) is 0.786. The SMILES string of the molecule is CC.Cc1nc(-c2ccc3c(c2)CCC3Nc2cnccn2)no1. The number of rotatable bonds is 3. The zero-order valence-electron chi connectivity index (χ0n) is 14.2. The van der Waals surface area contributed by atoms with Gasteiger partial charge in [-0.3, -0.25) is 4.98 Å². The Morgan fingerprint density at radius 1 is 1.21 bits per heavy atom. The van der Waals surface area contributed by atoms with Gasteiger partial charge >= 0.3 is 0 Å². The minimum atomic E-state index is 0.271. The fraction of sp³-hybridized carbons (Fsp3) is 0.333. The first-order chi connectivity index (χ1) is 11.8. The lowest BCUT2D eigenvalue weighted by atomic mass is 10.0. The molecule has 1 atom stereocenters. The van der Waals surface area contributed by atoms with Crippen LogP contribution in [0.3, 0.4) is 0 Å². The average molecular weight is 323 g/mol. The molecule has 1 unspecified atom stereocenters. The van der Waals surface area contributed by atoms with Gasteiger partial charge in [-0.2, -0.15) is 4.98 Å². The molecule has 24 heavy (non-hydrogen) atoms.